The highest BCUT2D eigenvalue weighted by Crippen LogP contribution is 2.44. The van der Waals surface area contributed by atoms with Crippen LogP contribution in [-0.4, -0.2) is 27.3 Å². The predicted molar refractivity (Wildman–Crippen MR) is 93.5 cm³/mol. The molecule has 2 aliphatic heterocycles. The summed E-state index contributed by atoms with van der Waals surface area (Å²) in [5, 5.41) is 0.256. The number of carbonyl (C=O) groups is 1. The molecule has 2 aromatic rings. The molecule has 0 saturated carbocycles. The van der Waals surface area contributed by atoms with Gasteiger partial charge in [0.2, 0.25) is 0 Å². The van der Waals surface area contributed by atoms with E-state index in [9.17, 15) is 9.18 Å². The van der Waals surface area contributed by atoms with Crippen LogP contribution in [0.15, 0.2) is 24.3 Å². The van der Waals surface area contributed by atoms with Crippen LogP contribution >= 0.6 is 34.7 Å². The second-order valence-electron chi connectivity index (χ2n) is 6.44. The number of hydrogen-bond acceptors (Lipinski definition) is 3. The lowest BCUT2D eigenvalue weighted by Crippen LogP contribution is -2.46. The number of halogens is 3. The molecular formula is C17H15Cl2FN2OS. The number of aromatic nitrogens is 1. The van der Waals surface area contributed by atoms with Gasteiger partial charge in [0.1, 0.15) is 15.2 Å². The Morgan fingerprint density at radius 2 is 1.79 bits per heavy atom. The van der Waals surface area contributed by atoms with E-state index in [0.29, 0.717) is 10.3 Å². The molecule has 0 N–H and O–H groups in total. The third kappa shape index (κ3) is 2.72. The molecule has 1 aromatic heterocycles. The summed E-state index contributed by atoms with van der Waals surface area (Å²) in [6.07, 6.45) is 3.76. The summed E-state index contributed by atoms with van der Waals surface area (Å²) in [5.74, 6) is 0.0271. The van der Waals surface area contributed by atoms with E-state index < -0.39 is 0 Å². The molecule has 2 bridgehead atoms. The molecule has 0 aliphatic carbocycles. The molecule has 7 heteroatoms. The molecule has 2 atom stereocenters. The number of amides is 1. The maximum atomic E-state index is 13.1. The molecule has 0 radical (unpaired) electrons. The molecule has 2 aliphatic rings. The third-order valence-corrected chi connectivity index (χ3v) is 6.72. The zero-order valence-corrected chi connectivity index (χ0v) is 15.0. The lowest BCUT2D eigenvalue weighted by molar-refractivity contribution is 0.0567. The lowest BCUT2D eigenvalue weighted by atomic mass is 9.85. The number of hydrogen-bond donors (Lipinski definition) is 0. The van der Waals surface area contributed by atoms with Crippen molar-refractivity contribution >= 4 is 40.6 Å². The maximum absolute atomic E-state index is 13.1. The topological polar surface area (TPSA) is 33.2 Å². The Balaban J connectivity index is 1.56. The fourth-order valence-electron chi connectivity index (χ4n) is 4.03. The number of nitrogens with zero attached hydrogens (tertiary/aromatic N) is 2. The van der Waals surface area contributed by atoms with Crippen LogP contribution in [0.3, 0.4) is 0 Å². The van der Waals surface area contributed by atoms with Gasteiger partial charge in [-0.15, -0.1) is 0 Å². The lowest BCUT2D eigenvalue weighted by Gasteiger charge is -2.39. The predicted octanol–water partition coefficient (Wildman–Crippen LogP) is 5.14. The number of carbonyl (C=O) groups excluding carboxylic acids is 1. The van der Waals surface area contributed by atoms with Gasteiger partial charge in [-0.2, -0.15) is 4.37 Å². The summed E-state index contributed by atoms with van der Waals surface area (Å²) in [6.45, 7) is 0. The second-order valence-corrected chi connectivity index (χ2v) is 8.19. The monoisotopic (exact) mass is 384 g/mol. The van der Waals surface area contributed by atoms with E-state index in [4.69, 9.17) is 23.2 Å². The summed E-state index contributed by atoms with van der Waals surface area (Å²) in [4.78, 5) is 14.8. The first-order chi connectivity index (χ1) is 11.5. The van der Waals surface area contributed by atoms with Gasteiger partial charge in [-0.05, 0) is 60.8 Å². The van der Waals surface area contributed by atoms with Crippen molar-refractivity contribution in [2.24, 2.45) is 0 Å². The van der Waals surface area contributed by atoms with Gasteiger partial charge in [-0.1, -0.05) is 35.3 Å². The number of benzene rings is 1. The van der Waals surface area contributed by atoms with E-state index in [1.807, 2.05) is 17.0 Å². The summed E-state index contributed by atoms with van der Waals surface area (Å²) in [6, 6.07) is 7.09. The normalized spacial score (nSPS) is 26.0. The van der Waals surface area contributed by atoms with Crippen LogP contribution in [0.1, 0.15) is 47.7 Å². The minimum absolute atomic E-state index is 0.117. The van der Waals surface area contributed by atoms with Gasteiger partial charge in [0, 0.05) is 12.1 Å². The number of fused-ring (bicyclic) bond motifs is 2. The molecule has 3 nitrogen and oxygen atoms in total. The summed E-state index contributed by atoms with van der Waals surface area (Å²) < 4.78 is 17.6. The zero-order chi connectivity index (χ0) is 16.8. The minimum Gasteiger partial charge on any atom is -0.331 e. The first-order valence-corrected chi connectivity index (χ1v) is 9.46. The van der Waals surface area contributed by atoms with Crippen LogP contribution in [0.5, 0.6) is 0 Å². The van der Waals surface area contributed by atoms with Crippen molar-refractivity contribution in [2.75, 3.05) is 0 Å². The standard InChI is InChI=1S/C17H15Cl2FN2OS/c18-14-15(21-24-16(14)19)17(23)22-12-5-6-13(22)8-10(7-12)9-1-3-11(20)4-2-9/h1-4,10,12-13H,5-8H2. The molecule has 1 aromatic carbocycles. The fourth-order valence-corrected chi connectivity index (χ4v) is 5.02. The van der Waals surface area contributed by atoms with Crippen molar-refractivity contribution in [3.05, 3.63) is 50.7 Å². The molecule has 0 spiro atoms. The van der Waals surface area contributed by atoms with Gasteiger partial charge in [0.05, 0.1) is 0 Å². The number of piperidine rings is 1. The van der Waals surface area contributed by atoms with Gasteiger partial charge in [-0.3, -0.25) is 4.79 Å². The zero-order valence-electron chi connectivity index (χ0n) is 12.7. The van der Waals surface area contributed by atoms with Gasteiger partial charge < -0.3 is 4.90 Å². The van der Waals surface area contributed by atoms with E-state index in [-0.39, 0.29) is 34.5 Å². The molecule has 126 valence electrons. The van der Waals surface area contributed by atoms with Crippen molar-refractivity contribution in [1.29, 1.82) is 0 Å². The molecule has 2 unspecified atom stereocenters. The van der Waals surface area contributed by atoms with E-state index in [0.717, 1.165) is 42.8 Å². The van der Waals surface area contributed by atoms with E-state index in [1.54, 1.807) is 0 Å². The van der Waals surface area contributed by atoms with Gasteiger partial charge in [0.15, 0.2) is 5.69 Å². The first-order valence-electron chi connectivity index (χ1n) is 7.93. The average Bonchev–Trinajstić information content (AvgIpc) is 3.04. The van der Waals surface area contributed by atoms with Crippen LogP contribution < -0.4 is 0 Å². The highest BCUT2D eigenvalue weighted by Gasteiger charge is 2.44. The minimum atomic E-state index is -0.218. The number of rotatable bonds is 2. The quantitative estimate of drug-likeness (QED) is 0.717. The molecule has 4 rings (SSSR count). The summed E-state index contributed by atoms with van der Waals surface area (Å²) in [7, 11) is 0. The Hall–Kier alpha value is -1.17. The summed E-state index contributed by atoms with van der Waals surface area (Å²) in [5.41, 5.74) is 1.42. The van der Waals surface area contributed by atoms with Crippen molar-refractivity contribution in [2.45, 2.75) is 43.7 Å². The Labute approximate surface area is 153 Å². The average molecular weight is 385 g/mol. The Bertz CT molecular complexity index is 765. The Morgan fingerprint density at radius 1 is 1.17 bits per heavy atom. The van der Waals surface area contributed by atoms with E-state index in [1.165, 1.54) is 12.1 Å². The Kier molecular flexibility index (Phi) is 4.27. The van der Waals surface area contributed by atoms with Crippen molar-refractivity contribution in [3.8, 4) is 0 Å². The molecule has 3 heterocycles. The van der Waals surface area contributed by atoms with Crippen LogP contribution in [0.25, 0.3) is 0 Å². The van der Waals surface area contributed by atoms with Crippen molar-refractivity contribution in [3.63, 3.8) is 0 Å². The third-order valence-electron chi connectivity index (χ3n) is 5.11. The smallest absolute Gasteiger partial charge is 0.275 e. The molecule has 1 amide bonds. The van der Waals surface area contributed by atoms with Crippen molar-refractivity contribution < 1.29 is 9.18 Å². The van der Waals surface area contributed by atoms with Gasteiger partial charge in [0.25, 0.3) is 5.91 Å². The van der Waals surface area contributed by atoms with Crippen LogP contribution in [0.4, 0.5) is 4.39 Å². The van der Waals surface area contributed by atoms with Crippen LogP contribution in [0.2, 0.25) is 9.36 Å². The van der Waals surface area contributed by atoms with Gasteiger partial charge in [-0.25, -0.2) is 4.39 Å². The maximum Gasteiger partial charge on any atom is 0.275 e. The van der Waals surface area contributed by atoms with Crippen LogP contribution in [0, 0.1) is 5.82 Å². The SMILES string of the molecule is O=C(c1nsc(Cl)c1Cl)N1C2CCC1CC(c1ccc(F)cc1)C2. The first kappa shape index (κ1) is 16.3. The fraction of sp³-hybridized carbons (Fsp3) is 0.412. The second kappa shape index (κ2) is 6.28. The summed E-state index contributed by atoms with van der Waals surface area (Å²) >= 11 is 13.1. The molecule has 2 fully saturated rings. The molecule has 2 saturated heterocycles. The van der Waals surface area contributed by atoms with Crippen molar-refractivity contribution in [1.82, 2.24) is 9.27 Å². The van der Waals surface area contributed by atoms with E-state index in [2.05, 4.69) is 4.37 Å². The molecule has 24 heavy (non-hydrogen) atoms. The highest BCUT2D eigenvalue weighted by molar-refractivity contribution is 7.11. The van der Waals surface area contributed by atoms with E-state index >= 15 is 0 Å². The highest BCUT2D eigenvalue weighted by atomic mass is 35.5. The Morgan fingerprint density at radius 3 is 2.33 bits per heavy atom. The van der Waals surface area contributed by atoms with Crippen LogP contribution in [-0.2, 0) is 0 Å². The molecular weight excluding hydrogens is 370 g/mol. The largest absolute Gasteiger partial charge is 0.331 e. The van der Waals surface area contributed by atoms with Gasteiger partial charge >= 0.3 is 0 Å².